The van der Waals surface area contributed by atoms with Crippen LogP contribution < -0.4 is 4.72 Å². The predicted octanol–water partition coefficient (Wildman–Crippen LogP) is 2.13. The Morgan fingerprint density at radius 2 is 2.05 bits per heavy atom. The molecule has 0 aromatic carbocycles. The molecule has 0 heterocycles. The highest BCUT2D eigenvalue weighted by atomic mass is 32.2. The van der Waals surface area contributed by atoms with Crippen LogP contribution in [0.4, 0.5) is 13.2 Å². The standard InChI is InChI=1S/C11H16F3NO3S/c12-11(13,14)6-3-7-19(17,18)15-10(16)8-9-4-1-2-5-9/h1,4,9H,2-3,5-8H2,(H,15,16)/t9-/m1/s1. The maximum absolute atomic E-state index is 11.9. The number of nitrogens with one attached hydrogen (secondary N) is 1. The summed E-state index contributed by atoms with van der Waals surface area (Å²) < 4.78 is 60.2. The minimum Gasteiger partial charge on any atom is -0.274 e. The fraction of sp³-hybridized carbons (Fsp3) is 0.727. The predicted molar refractivity (Wildman–Crippen MR) is 63.7 cm³/mol. The van der Waals surface area contributed by atoms with E-state index in [-0.39, 0.29) is 12.3 Å². The van der Waals surface area contributed by atoms with Crippen molar-refractivity contribution in [2.75, 3.05) is 5.75 Å². The third-order valence-corrected chi connectivity index (χ3v) is 4.07. The normalized spacial score (nSPS) is 19.6. The van der Waals surface area contributed by atoms with Gasteiger partial charge in [0.2, 0.25) is 15.9 Å². The van der Waals surface area contributed by atoms with E-state index >= 15 is 0 Å². The van der Waals surface area contributed by atoms with Crippen LogP contribution in [0, 0.1) is 5.92 Å². The Morgan fingerprint density at radius 1 is 1.37 bits per heavy atom. The third kappa shape index (κ3) is 7.19. The summed E-state index contributed by atoms with van der Waals surface area (Å²) in [6, 6.07) is 0. The van der Waals surface area contributed by atoms with Crippen LogP contribution in [0.15, 0.2) is 12.2 Å². The zero-order valence-corrected chi connectivity index (χ0v) is 11.1. The first-order chi connectivity index (χ1) is 8.68. The Bertz CT molecular complexity index is 443. The fourth-order valence-electron chi connectivity index (χ4n) is 1.83. The number of allylic oxidation sites excluding steroid dienone is 2. The lowest BCUT2D eigenvalue weighted by Gasteiger charge is -2.10. The van der Waals surface area contributed by atoms with Crippen molar-refractivity contribution >= 4 is 15.9 Å². The molecule has 0 fully saturated rings. The van der Waals surface area contributed by atoms with Crippen LogP contribution in [-0.4, -0.2) is 26.3 Å². The summed E-state index contributed by atoms with van der Waals surface area (Å²) in [5.41, 5.74) is 0. The van der Waals surface area contributed by atoms with Gasteiger partial charge in [-0.25, -0.2) is 8.42 Å². The quantitative estimate of drug-likeness (QED) is 0.764. The van der Waals surface area contributed by atoms with Gasteiger partial charge in [-0.15, -0.1) is 0 Å². The number of alkyl halides is 3. The second-order valence-corrected chi connectivity index (χ2v) is 6.37. The van der Waals surface area contributed by atoms with E-state index in [0.717, 1.165) is 12.8 Å². The van der Waals surface area contributed by atoms with Crippen molar-refractivity contribution in [2.24, 2.45) is 5.92 Å². The first kappa shape index (κ1) is 16.0. The van der Waals surface area contributed by atoms with Gasteiger partial charge in [-0.05, 0) is 25.2 Å². The molecule has 1 aliphatic carbocycles. The van der Waals surface area contributed by atoms with Crippen LogP contribution in [0.25, 0.3) is 0 Å². The van der Waals surface area contributed by atoms with E-state index in [9.17, 15) is 26.4 Å². The van der Waals surface area contributed by atoms with Gasteiger partial charge in [0.15, 0.2) is 0 Å². The number of sulfonamides is 1. The maximum atomic E-state index is 11.9. The smallest absolute Gasteiger partial charge is 0.274 e. The van der Waals surface area contributed by atoms with Crippen LogP contribution in [0.3, 0.4) is 0 Å². The van der Waals surface area contributed by atoms with Crippen molar-refractivity contribution < 1.29 is 26.4 Å². The summed E-state index contributed by atoms with van der Waals surface area (Å²) in [6.07, 6.45) is -0.643. The monoisotopic (exact) mass is 299 g/mol. The molecule has 0 aliphatic heterocycles. The molecule has 0 aromatic rings. The summed E-state index contributed by atoms with van der Waals surface area (Å²) in [6.45, 7) is 0. The van der Waals surface area contributed by atoms with Gasteiger partial charge < -0.3 is 0 Å². The minimum atomic E-state index is -4.38. The lowest BCUT2D eigenvalue weighted by atomic mass is 10.1. The number of amides is 1. The van der Waals surface area contributed by atoms with Gasteiger partial charge in [0.05, 0.1) is 5.75 Å². The summed E-state index contributed by atoms with van der Waals surface area (Å²) in [5.74, 6) is -1.34. The summed E-state index contributed by atoms with van der Waals surface area (Å²) in [4.78, 5) is 11.4. The number of hydrogen-bond donors (Lipinski definition) is 1. The van der Waals surface area contributed by atoms with E-state index < -0.39 is 40.7 Å². The Labute approximate surface area is 110 Å². The van der Waals surface area contributed by atoms with Crippen molar-refractivity contribution in [3.05, 3.63) is 12.2 Å². The molecule has 0 spiro atoms. The van der Waals surface area contributed by atoms with Gasteiger partial charge in [-0.1, -0.05) is 12.2 Å². The molecule has 0 bridgehead atoms. The Balaban J connectivity index is 2.32. The number of carbonyl (C=O) groups is 1. The molecule has 1 amide bonds. The Hall–Kier alpha value is -1.05. The van der Waals surface area contributed by atoms with Gasteiger partial charge in [-0.2, -0.15) is 13.2 Å². The lowest BCUT2D eigenvalue weighted by Crippen LogP contribution is -2.33. The molecule has 8 heteroatoms. The summed E-state index contributed by atoms with van der Waals surface area (Å²) >= 11 is 0. The van der Waals surface area contributed by atoms with Crippen LogP contribution in [-0.2, 0) is 14.8 Å². The van der Waals surface area contributed by atoms with Gasteiger partial charge in [0, 0.05) is 12.8 Å². The van der Waals surface area contributed by atoms with E-state index in [1.165, 1.54) is 0 Å². The van der Waals surface area contributed by atoms with Crippen LogP contribution >= 0.6 is 0 Å². The first-order valence-corrected chi connectivity index (χ1v) is 7.60. The average molecular weight is 299 g/mol. The van der Waals surface area contributed by atoms with Crippen molar-refractivity contribution in [3.8, 4) is 0 Å². The second kappa shape index (κ2) is 6.40. The summed E-state index contributed by atoms with van der Waals surface area (Å²) in [5, 5.41) is 0. The van der Waals surface area contributed by atoms with E-state index in [4.69, 9.17) is 0 Å². The fourth-order valence-corrected chi connectivity index (χ4v) is 2.89. The molecule has 110 valence electrons. The van der Waals surface area contributed by atoms with Crippen LogP contribution in [0.2, 0.25) is 0 Å². The molecule has 1 rings (SSSR count). The van der Waals surface area contributed by atoms with Crippen molar-refractivity contribution in [1.29, 1.82) is 0 Å². The molecule has 0 saturated heterocycles. The van der Waals surface area contributed by atoms with Crippen molar-refractivity contribution in [1.82, 2.24) is 4.72 Å². The van der Waals surface area contributed by atoms with Crippen molar-refractivity contribution in [2.45, 2.75) is 38.3 Å². The SMILES string of the molecule is O=C(C[C@@H]1C=CCC1)NS(=O)(=O)CCCC(F)(F)F. The molecular weight excluding hydrogens is 283 g/mol. The highest BCUT2D eigenvalue weighted by Gasteiger charge is 2.28. The van der Waals surface area contributed by atoms with E-state index in [2.05, 4.69) is 0 Å². The molecule has 19 heavy (non-hydrogen) atoms. The van der Waals surface area contributed by atoms with Gasteiger partial charge in [-0.3, -0.25) is 9.52 Å². The number of hydrogen-bond acceptors (Lipinski definition) is 3. The third-order valence-electron chi connectivity index (χ3n) is 2.70. The second-order valence-electron chi connectivity index (χ2n) is 4.53. The molecule has 1 aliphatic rings. The van der Waals surface area contributed by atoms with E-state index in [1.807, 2.05) is 12.2 Å². The van der Waals surface area contributed by atoms with Crippen LogP contribution in [0.1, 0.15) is 32.1 Å². The highest BCUT2D eigenvalue weighted by molar-refractivity contribution is 7.90. The average Bonchev–Trinajstić information content (AvgIpc) is 2.66. The van der Waals surface area contributed by atoms with E-state index in [1.54, 1.807) is 4.72 Å². The molecule has 4 nitrogen and oxygen atoms in total. The molecular formula is C11H16F3NO3S. The molecule has 1 N–H and O–H groups in total. The van der Waals surface area contributed by atoms with Gasteiger partial charge in [0.1, 0.15) is 0 Å². The number of halogens is 3. The van der Waals surface area contributed by atoms with Gasteiger partial charge in [0.25, 0.3) is 0 Å². The van der Waals surface area contributed by atoms with Crippen molar-refractivity contribution in [3.63, 3.8) is 0 Å². The molecule has 0 radical (unpaired) electrons. The van der Waals surface area contributed by atoms with E-state index in [0.29, 0.717) is 0 Å². The molecule has 0 aromatic heterocycles. The maximum Gasteiger partial charge on any atom is 0.389 e. The largest absolute Gasteiger partial charge is 0.389 e. The lowest BCUT2D eigenvalue weighted by molar-refractivity contribution is -0.134. The first-order valence-electron chi connectivity index (χ1n) is 5.95. The minimum absolute atomic E-state index is 0.0189. The number of carbonyl (C=O) groups excluding carboxylic acids is 1. The topological polar surface area (TPSA) is 63.2 Å². The number of rotatable bonds is 6. The molecule has 0 saturated carbocycles. The highest BCUT2D eigenvalue weighted by Crippen LogP contribution is 2.22. The zero-order chi connectivity index (χ0) is 14.5. The zero-order valence-electron chi connectivity index (χ0n) is 10.2. The van der Waals surface area contributed by atoms with Crippen LogP contribution in [0.5, 0.6) is 0 Å². The molecule has 1 atom stereocenters. The summed E-state index contributed by atoms with van der Waals surface area (Å²) in [7, 11) is -3.97. The molecule has 0 unspecified atom stereocenters. The Morgan fingerprint density at radius 3 is 2.58 bits per heavy atom. The Kier molecular flexibility index (Phi) is 5.39. The van der Waals surface area contributed by atoms with Gasteiger partial charge >= 0.3 is 6.18 Å².